The average Bonchev–Trinajstić information content (AvgIpc) is 2.35. The maximum absolute atomic E-state index is 13.0. The van der Waals surface area contributed by atoms with Gasteiger partial charge in [-0.2, -0.15) is 13.2 Å². The molecular weight excluding hydrogens is 295 g/mol. The van der Waals surface area contributed by atoms with E-state index in [1.54, 1.807) is 6.92 Å². The van der Waals surface area contributed by atoms with Crippen LogP contribution in [-0.4, -0.2) is 16.1 Å². The van der Waals surface area contributed by atoms with Crippen LogP contribution in [0.3, 0.4) is 0 Å². The molecule has 3 nitrogen and oxygen atoms in total. The first-order chi connectivity index (χ1) is 9.25. The van der Waals surface area contributed by atoms with Crippen molar-refractivity contribution in [1.29, 1.82) is 0 Å². The fraction of sp³-hybridized carbons (Fsp3) is 0.231. The first kappa shape index (κ1) is 14.6. The molecule has 20 heavy (non-hydrogen) atoms. The van der Waals surface area contributed by atoms with Gasteiger partial charge in [-0.3, -0.25) is 0 Å². The number of carbonyl (C=O) groups is 1. The van der Waals surface area contributed by atoms with Gasteiger partial charge in [0.25, 0.3) is 0 Å². The van der Waals surface area contributed by atoms with Crippen molar-refractivity contribution in [3.05, 3.63) is 40.0 Å². The van der Waals surface area contributed by atoms with E-state index in [9.17, 15) is 18.0 Å². The molecule has 0 aliphatic carbocycles. The van der Waals surface area contributed by atoms with Gasteiger partial charge < -0.3 is 5.11 Å². The van der Waals surface area contributed by atoms with Crippen LogP contribution in [0.1, 0.15) is 28.5 Å². The van der Waals surface area contributed by atoms with Gasteiger partial charge in [0, 0.05) is 5.39 Å². The first-order valence-electron chi connectivity index (χ1n) is 5.68. The average molecular weight is 304 g/mol. The lowest BCUT2D eigenvalue weighted by Crippen LogP contribution is -2.13. The van der Waals surface area contributed by atoms with E-state index < -0.39 is 23.4 Å². The summed E-state index contributed by atoms with van der Waals surface area (Å²) in [7, 11) is 0. The molecule has 0 saturated heterocycles. The molecule has 0 atom stereocenters. The number of aryl methyl sites for hydroxylation is 1. The number of benzene rings is 1. The molecule has 0 saturated carbocycles. The Morgan fingerprint density at radius 3 is 2.55 bits per heavy atom. The van der Waals surface area contributed by atoms with Crippen molar-refractivity contribution >= 4 is 28.5 Å². The second-order valence-corrected chi connectivity index (χ2v) is 4.55. The lowest BCUT2D eigenvalue weighted by molar-refractivity contribution is -0.141. The van der Waals surface area contributed by atoms with E-state index in [0.29, 0.717) is 5.39 Å². The number of hydrogen-bond acceptors (Lipinski definition) is 2. The van der Waals surface area contributed by atoms with Crippen LogP contribution in [0.2, 0.25) is 5.02 Å². The van der Waals surface area contributed by atoms with E-state index >= 15 is 0 Å². The highest BCUT2D eigenvalue weighted by Crippen LogP contribution is 2.34. The number of rotatable bonds is 2. The Labute approximate surface area is 117 Å². The maximum atomic E-state index is 13.0. The van der Waals surface area contributed by atoms with Crippen molar-refractivity contribution in [2.45, 2.75) is 19.5 Å². The smallest absolute Gasteiger partial charge is 0.433 e. The molecule has 0 bridgehead atoms. The number of aromatic carboxylic acids is 1. The number of carboxylic acids is 1. The molecule has 0 aliphatic heterocycles. The van der Waals surface area contributed by atoms with Crippen LogP contribution < -0.4 is 0 Å². The molecular formula is C13H9ClF3NO2. The van der Waals surface area contributed by atoms with Crippen molar-refractivity contribution in [1.82, 2.24) is 4.98 Å². The number of pyridine rings is 1. The zero-order chi connectivity index (χ0) is 15.1. The molecule has 1 heterocycles. The van der Waals surface area contributed by atoms with E-state index in [4.69, 9.17) is 16.7 Å². The van der Waals surface area contributed by atoms with Gasteiger partial charge >= 0.3 is 12.1 Å². The standard InChI is InChI=1S/C13H9ClF3NO2/c1-2-6-5-7-3-4-8(14)9(12(19)20)10(7)18-11(6)13(15,16)17/h3-5H,2H2,1H3,(H,19,20). The number of fused-ring (bicyclic) bond motifs is 1. The number of alkyl halides is 3. The van der Waals surface area contributed by atoms with E-state index in [2.05, 4.69) is 4.98 Å². The van der Waals surface area contributed by atoms with Gasteiger partial charge in [-0.1, -0.05) is 24.6 Å². The van der Waals surface area contributed by atoms with Crippen molar-refractivity contribution in [2.75, 3.05) is 0 Å². The lowest BCUT2D eigenvalue weighted by atomic mass is 10.0. The Bertz CT molecular complexity index is 698. The largest absolute Gasteiger partial charge is 0.478 e. The minimum Gasteiger partial charge on any atom is -0.478 e. The highest BCUT2D eigenvalue weighted by atomic mass is 35.5. The Morgan fingerprint density at radius 2 is 2.05 bits per heavy atom. The SMILES string of the molecule is CCc1cc2ccc(Cl)c(C(=O)O)c2nc1C(F)(F)F. The molecule has 2 aromatic rings. The summed E-state index contributed by atoms with van der Waals surface area (Å²) < 4.78 is 38.9. The molecule has 7 heteroatoms. The summed E-state index contributed by atoms with van der Waals surface area (Å²) in [6, 6.07) is 4.09. The summed E-state index contributed by atoms with van der Waals surface area (Å²) in [6.45, 7) is 1.58. The summed E-state index contributed by atoms with van der Waals surface area (Å²) in [4.78, 5) is 14.7. The maximum Gasteiger partial charge on any atom is 0.433 e. The van der Waals surface area contributed by atoms with Crippen LogP contribution in [0, 0.1) is 0 Å². The van der Waals surface area contributed by atoms with Crippen LogP contribution in [0.25, 0.3) is 10.9 Å². The third-order valence-electron chi connectivity index (χ3n) is 2.88. The third-order valence-corrected chi connectivity index (χ3v) is 3.19. The zero-order valence-electron chi connectivity index (χ0n) is 10.3. The number of hydrogen-bond donors (Lipinski definition) is 1. The predicted octanol–water partition coefficient (Wildman–Crippen LogP) is 4.17. The summed E-state index contributed by atoms with van der Waals surface area (Å²) in [5.41, 5.74) is -1.73. The van der Waals surface area contributed by atoms with Crippen molar-refractivity contribution < 1.29 is 23.1 Å². The van der Waals surface area contributed by atoms with Crippen LogP contribution >= 0.6 is 11.6 Å². The van der Waals surface area contributed by atoms with Gasteiger partial charge in [0.15, 0.2) is 0 Å². The molecule has 2 rings (SSSR count). The van der Waals surface area contributed by atoms with Gasteiger partial charge in [0.1, 0.15) is 11.3 Å². The third kappa shape index (κ3) is 2.43. The van der Waals surface area contributed by atoms with Crippen LogP contribution in [0.15, 0.2) is 18.2 Å². The Morgan fingerprint density at radius 1 is 1.40 bits per heavy atom. The minimum absolute atomic E-state index is 0.0173. The molecule has 1 aromatic heterocycles. The molecule has 0 aliphatic rings. The highest BCUT2D eigenvalue weighted by molar-refractivity contribution is 6.35. The van der Waals surface area contributed by atoms with Gasteiger partial charge in [0.2, 0.25) is 0 Å². The van der Waals surface area contributed by atoms with Gasteiger partial charge in [-0.15, -0.1) is 0 Å². The van der Waals surface area contributed by atoms with Crippen molar-refractivity contribution in [2.24, 2.45) is 0 Å². The number of carboxylic acid groups (broad SMARTS) is 1. The van der Waals surface area contributed by atoms with Gasteiger partial charge in [0.05, 0.1) is 10.5 Å². The van der Waals surface area contributed by atoms with E-state index in [1.807, 2.05) is 0 Å². The van der Waals surface area contributed by atoms with Crippen LogP contribution in [0.4, 0.5) is 13.2 Å². The zero-order valence-corrected chi connectivity index (χ0v) is 11.0. The van der Waals surface area contributed by atoms with Crippen LogP contribution in [0.5, 0.6) is 0 Å². The summed E-state index contributed by atoms with van der Waals surface area (Å²) in [5, 5.41) is 9.25. The fourth-order valence-corrected chi connectivity index (χ4v) is 2.21. The van der Waals surface area contributed by atoms with E-state index in [0.717, 1.165) is 0 Å². The van der Waals surface area contributed by atoms with Crippen LogP contribution in [-0.2, 0) is 12.6 Å². The molecule has 1 N–H and O–H groups in total. The Balaban J connectivity index is 2.90. The molecule has 0 radical (unpaired) electrons. The number of nitrogens with zero attached hydrogens (tertiary/aromatic N) is 1. The number of halogens is 4. The molecule has 0 spiro atoms. The predicted molar refractivity (Wildman–Crippen MR) is 68.1 cm³/mol. The second-order valence-electron chi connectivity index (χ2n) is 4.15. The monoisotopic (exact) mass is 303 g/mol. The molecule has 0 unspecified atom stereocenters. The minimum atomic E-state index is -4.64. The fourth-order valence-electron chi connectivity index (χ4n) is 1.98. The quantitative estimate of drug-likeness (QED) is 0.906. The first-order valence-corrected chi connectivity index (χ1v) is 6.06. The number of aromatic nitrogens is 1. The van der Waals surface area contributed by atoms with Gasteiger partial charge in [-0.05, 0) is 24.1 Å². The van der Waals surface area contributed by atoms with Crippen molar-refractivity contribution in [3.63, 3.8) is 0 Å². The topological polar surface area (TPSA) is 50.2 Å². The highest BCUT2D eigenvalue weighted by Gasteiger charge is 2.35. The Kier molecular flexibility index (Phi) is 3.60. The van der Waals surface area contributed by atoms with E-state index in [1.165, 1.54) is 18.2 Å². The van der Waals surface area contributed by atoms with E-state index in [-0.39, 0.29) is 22.5 Å². The second kappa shape index (κ2) is 4.94. The summed E-state index contributed by atoms with van der Waals surface area (Å²) >= 11 is 5.74. The lowest BCUT2D eigenvalue weighted by Gasteiger charge is -2.13. The molecule has 106 valence electrons. The normalized spacial score (nSPS) is 11.8. The summed E-state index contributed by atoms with van der Waals surface area (Å²) in [6.07, 6.45) is -4.50. The molecule has 0 amide bonds. The van der Waals surface area contributed by atoms with Gasteiger partial charge in [-0.25, -0.2) is 9.78 Å². The molecule has 1 aromatic carbocycles. The molecule has 0 fully saturated rings. The van der Waals surface area contributed by atoms with Crippen molar-refractivity contribution in [3.8, 4) is 0 Å². The summed E-state index contributed by atoms with van der Waals surface area (Å²) in [5.74, 6) is -1.41. The Hall–Kier alpha value is -1.82.